The predicted molar refractivity (Wildman–Crippen MR) is 130 cm³/mol. The maximum absolute atomic E-state index is 12.7. The second-order valence-corrected chi connectivity index (χ2v) is 8.57. The van der Waals surface area contributed by atoms with Crippen molar-refractivity contribution >= 4 is 23.6 Å². The Morgan fingerprint density at radius 2 is 2.06 bits per heavy atom. The zero-order valence-electron chi connectivity index (χ0n) is 18.9. The van der Waals surface area contributed by atoms with Gasteiger partial charge in [0.1, 0.15) is 5.75 Å². The Balaban J connectivity index is 1.42. The number of amides is 1. The van der Waals surface area contributed by atoms with Crippen LogP contribution in [0, 0.1) is 6.92 Å². The predicted octanol–water partition coefficient (Wildman–Crippen LogP) is 5.32. The molecule has 0 spiro atoms. The van der Waals surface area contributed by atoms with Crippen LogP contribution in [-0.4, -0.2) is 45.5 Å². The van der Waals surface area contributed by atoms with Gasteiger partial charge in [-0.1, -0.05) is 23.8 Å². The van der Waals surface area contributed by atoms with E-state index in [4.69, 9.17) is 21.3 Å². The summed E-state index contributed by atoms with van der Waals surface area (Å²) in [6.45, 7) is 5.28. The number of aryl methyl sites for hydroxylation is 1. The molecule has 0 aliphatic carbocycles. The van der Waals surface area contributed by atoms with Gasteiger partial charge in [-0.3, -0.25) is 9.78 Å². The molecule has 170 valence electrons. The number of nitrogens with zero attached hydrogens (tertiary/aromatic N) is 4. The maximum atomic E-state index is 12.7. The minimum Gasteiger partial charge on any atom is -0.483 e. The van der Waals surface area contributed by atoms with Crippen molar-refractivity contribution in [1.29, 1.82) is 0 Å². The topological polar surface area (TPSA) is 68.2 Å². The van der Waals surface area contributed by atoms with Gasteiger partial charge in [0.05, 0.1) is 5.69 Å². The van der Waals surface area contributed by atoms with Crippen molar-refractivity contribution in [2.75, 3.05) is 19.7 Å². The number of carbonyl (C=O) groups excluding carboxylic acids is 1. The minimum absolute atomic E-state index is 0.00443. The lowest BCUT2D eigenvalue weighted by Crippen LogP contribution is -2.40. The van der Waals surface area contributed by atoms with Gasteiger partial charge in [-0.2, -0.15) is 0 Å². The van der Waals surface area contributed by atoms with Crippen LogP contribution in [0.15, 0.2) is 55.0 Å². The molecule has 6 nitrogen and oxygen atoms in total. The number of halogens is 1. The normalized spacial score (nSPS) is 14.6. The largest absolute Gasteiger partial charge is 0.483 e. The van der Waals surface area contributed by atoms with Gasteiger partial charge in [-0.15, -0.1) is 0 Å². The lowest BCUT2D eigenvalue weighted by molar-refractivity contribution is -0.134. The molecule has 1 aromatic carbocycles. The Kier molecular flexibility index (Phi) is 7.35. The van der Waals surface area contributed by atoms with Gasteiger partial charge in [0.25, 0.3) is 5.91 Å². The van der Waals surface area contributed by atoms with E-state index in [1.54, 1.807) is 24.5 Å². The van der Waals surface area contributed by atoms with Crippen LogP contribution < -0.4 is 4.74 Å². The number of benzene rings is 1. The molecule has 3 heterocycles. The molecular formula is C26H27ClN4O2. The molecule has 3 aromatic rings. The van der Waals surface area contributed by atoms with Crippen LogP contribution in [0.25, 0.3) is 17.5 Å². The second kappa shape index (κ2) is 10.6. The highest BCUT2D eigenvalue weighted by atomic mass is 35.5. The average molecular weight is 463 g/mol. The lowest BCUT2D eigenvalue weighted by atomic mass is 9.90. The van der Waals surface area contributed by atoms with Gasteiger partial charge in [0.2, 0.25) is 0 Å². The number of rotatable bonds is 6. The standard InChI is InChI=1S/C26H27ClN4O2/c1-3-5-20-16-29-26(21-6-4-11-28-15-21)30-25(20)19-9-12-31(13-10-19)24(32)17-33-23-8-7-22(27)14-18(23)2/h3-8,11,14-16,19H,9-10,12-13,17H2,1-2H3. The monoisotopic (exact) mass is 462 g/mol. The van der Waals surface area contributed by atoms with Crippen LogP contribution in [0.3, 0.4) is 0 Å². The molecule has 0 bridgehead atoms. The third kappa shape index (κ3) is 5.57. The zero-order valence-corrected chi connectivity index (χ0v) is 19.6. The quantitative estimate of drug-likeness (QED) is 0.496. The van der Waals surface area contributed by atoms with E-state index in [0.29, 0.717) is 29.7 Å². The number of allylic oxidation sites excluding steroid dienone is 1. The summed E-state index contributed by atoms with van der Waals surface area (Å²) in [5, 5.41) is 0.655. The zero-order chi connectivity index (χ0) is 23.2. The van der Waals surface area contributed by atoms with Gasteiger partial charge in [-0.05, 0) is 62.6 Å². The van der Waals surface area contributed by atoms with Crippen LogP contribution in [0.5, 0.6) is 5.75 Å². The van der Waals surface area contributed by atoms with Crippen molar-refractivity contribution in [3.63, 3.8) is 0 Å². The van der Waals surface area contributed by atoms with E-state index >= 15 is 0 Å². The highest BCUT2D eigenvalue weighted by Crippen LogP contribution is 2.31. The molecule has 0 saturated carbocycles. The average Bonchev–Trinajstić information content (AvgIpc) is 2.84. The number of hydrogen-bond donors (Lipinski definition) is 0. The van der Waals surface area contributed by atoms with E-state index in [9.17, 15) is 4.79 Å². The Hall–Kier alpha value is -3.25. The number of pyridine rings is 1. The molecule has 33 heavy (non-hydrogen) atoms. The van der Waals surface area contributed by atoms with Gasteiger partial charge in [0, 0.05) is 53.7 Å². The Labute approximate surface area is 199 Å². The number of aromatic nitrogens is 3. The van der Waals surface area contributed by atoms with Gasteiger partial charge in [0.15, 0.2) is 12.4 Å². The summed E-state index contributed by atoms with van der Waals surface area (Å²) in [6, 6.07) is 9.25. The number of hydrogen-bond acceptors (Lipinski definition) is 5. The van der Waals surface area contributed by atoms with Crippen LogP contribution in [-0.2, 0) is 4.79 Å². The molecule has 7 heteroatoms. The fourth-order valence-electron chi connectivity index (χ4n) is 4.08. The third-order valence-electron chi connectivity index (χ3n) is 5.84. The van der Waals surface area contributed by atoms with Crippen LogP contribution in [0.4, 0.5) is 0 Å². The molecule has 0 unspecified atom stereocenters. The third-order valence-corrected chi connectivity index (χ3v) is 6.07. The maximum Gasteiger partial charge on any atom is 0.260 e. The molecular weight excluding hydrogens is 436 g/mol. The fraction of sp³-hybridized carbons (Fsp3) is 0.308. The van der Waals surface area contributed by atoms with Crippen molar-refractivity contribution in [2.24, 2.45) is 0 Å². The molecule has 1 aliphatic rings. The highest BCUT2D eigenvalue weighted by molar-refractivity contribution is 6.30. The van der Waals surface area contributed by atoms with Gasteiger partial charge >= 0.3 is 0 Å². The lowest BCUT2D eigenvalue weighted by Gasteiger charge is -2.32. The van der Waals surface area contributed by atoms with Crippen molar-refractivity contribution in [2.45, 2.75) is 32.6 Å². The molecule has 4 rings (SSSR count). The van der Waals surface area contributed by atoms with Crippen LogP contribution >= 0.6 is 11.6 Å². The summed E-state index contributed by atoms with van der Waals surface area (Å²) in [4.78, 5) is 28.2. The smallest absolute Gasteiger partial charge is 0.260 e. The van der Waals surface area contributed by atoms with Gasteiger partial charge < -0.3 is 9.64 Å². The first kappa shape index (κ1) is 22.9. The molecule has 1 fully saturated rings. The first-order chi connectivity index (χ1) is 16.0. The van der Waals surface area contributed by atoms with Crippen molar-refractivity contribution in [3.8, 4) is 17.1 Å². The Bertz CT molecular complexity index is 1140. The summed E-state index contributed by atoms with van der Waals surface area (Å²) in [5.74, 6) is 1.62. The molecule has 1 aliphatic heterocycles. The van der Waals surface area contributed by atoms with E-state index in [1.807, 2.05) is 55.3 Å². The number of ether oxygens (including phenoxy) is 1. The number of piperidine rings is 1. The minimum atomic E-state index is -0.00443. The summed E-state index contributed by atoms with van der Waals surface area (Å²) >= 11 is 5.99. The number of likely N-dealkylation sites (tertiary alicyclic amines) is 1. The molecule has 2 aromatic heterocycles. The summed E-state index contributed by atoms with van der Waals surface area (Å²) in [7, 11) is 0. The molecule has 0 atom stereocenters. The van der Waals surface area contributed by atoms with E-state index in [0.717, 1.165) is 35.2 Å². The Morgan fingerprint density at radius 3 is 2.76 bits per heavy atom. The highest BCUT2D eigenvalue weighted by Gasteiger charge is 2.27. The molecule has 0 N–H and O–H groups in total. The van der Waals surface area contributed by atoms with E-state index in [1.165, 1.54) is 0 Å². The first-order valence-corrected chi connectivity index (χ1v) is 11.5. The van der Waals surface area contributed by atoms with E-state index < -0.39 is 0 Å². The summed E-state index contributed by atoms with van der Waals surface area (Å²) in [5.41, 5.74) is 3.87. The van der Waals surface area contributed by atoms with Crippen molar-refractivity contribution < 1.29 is 9.53 Å². The van der Waals surface area contributed by atoms with Gasteiger partial charge in [-0.25, -0.2) is 9.97 Å². The van der Waals surface area contributed by atoms with E-state index in [-0.39, 0.29) is 18.4 Å². The fourth-order valence-corrected chi connectivity index (χ4v) is 4.31. The SMILES string of the molecule is CC=Cc1cnc(-c2cccnc2)nc1C1CCN(C(=O)COc2ccc(Cl)cc2C)CC1. The van der Waals surface area contributed by atoms with Crippen LogP contribution in [0.1, 0.15) is 42.5 Å². The molecule has 0 radical (unpaired) electrons. The van der Waals surface area contributed by atoms with E-state index in [2.05, 4.69) is 9.97 Å². The molecule has 1 saturated heterocycles. The second-order valence-electron chi connectivity index (χ2n) is 8.13. The van der Waals surface area contributed by atoms with Crippen LogP contribution in [0.2, 0.25) is 5.02 Å². The summed E-state index contributed by atoms with van der Waals surface area (Å²) < 4.78 is 5.75. The molecule has 1 amide bonds. The van der Waals surface area contributed by atoms with Crippen molar-refractivity contribution in [3.05, 3.63) is 76.8 Å². The number of carbonyl (C=O) groups is 1. The summed E-state index contributed by atoms with van der Waals surface area (Å²) in [6.07, 6.45) is 11.1. The Morgan fingerprint density at radius 1 is 1.24 bits per heavy atom. The van der Waals surface area contributed by atoms with Crippen molar-refractivity contribution in [1.82, 2.24) is 19.9 Å². The first-order valence-electron chi connectivity index (χ1n) is 11.1.